The SMILES string of the molecule is CC1CCC(Nc2nc(C3=CCCC=C3)nc3[nH]ccc23)C1. The minimum absolute atomic E-state index is 0.534. The van der Waals surface area contributed by atoms with Gasteiger partial charge >= 0.3 is 0 Å². The van der Waals surface area contributed by atoms with Crippen molar-refractivity contribution in [3.63, 3.8) is 0 Å². The lowest BCUT2D eigenvalue weighted by Crippen LogP contribution is -2.17. The smallest absolute Gasteiger partial charge is 0.163 e. The van der Waals surface area contributed by atoms with Gasteiger partial charge in [0.1, 0.15) is 11.5 Å². The van der Waals surface area contributed by atoms with Crippen LogP contribution < -0.4 is 5.32 Å². The summed E-state index contributed by atoms with van der Waals surface area (Å²) in [6, 6.07) is 2.59. The van der Waals surface area contributed by atoms with Crippen molar-refractivity contribution in [2.24, 2.45) is 5.92 Å². The van der Waals surface area contributed by atoms with Gasteiger partial charge in [-0.2, -0.15) is 0 Å². The van der Waals surface area contributed by atoms with Gasteiger partial charge in [-0.25, -0.2) is 9.97 Å². The van der Waals surface area contributed by atoms with Crippen LogP contribution in [-0.4, -0.2) is 21.0 Å². The monoisotopic (exact) mass is 294 g/mol. The van der Waals surface area contributed by atoms with E-state index < -0.39 is 0 Å². The number of anilines is 1. The van der Waals surface area contributed by atoms with E-state index in [2.05, 4.69) is 46.5 Å². The van der Waals surface area contributed by atoms with E-state index in [-0.39, 0.29) is 0 Å². The van der Waals surface area contributed by atoms with E-state index in [1.54, 1.807) is 0 Å². The normalized spacial score (nSPS) is 24.7. The third-order valence-corrected chi connectivity index (χ3v) is 4.70. The molecule has 2 aromatic heterocycles. The zero-order valence-electron chi connectivity index (χ0n) is 13.0. The van der Waals surface area contributed by atoms with E-state index in [0.29, 0.717) is 6.04 Å². The van der Waals surface area contributed by atoms with Crippen molar-refractivity contribution in [3.8, 4) is 0 Å². The summed E-state index contributed by atoms with van der Waals surface area (Å²) in [7, 11) is 0. The molecule has 0 radical (unpaired) electrons. The van der Waals surface area contributed by atoms with Gasteiger partial charge in [0.05, 0.1) is 5.39 Å². The lowest BCUT2D eigenvalue weighted by Gasteiger charge is -2.15. The molecule has 0 saturated heterocycles. The first-order valence-corrected chi connectivity index (χ1v) is 8.28. The summed E-state index contributed by atoms with van der Waals surface area (Å²) in [5.74, 6) is 2.60. The third kappa shape index (κ3) is 2.54. The Balaban J connectivity index is 1.71. The number of nitrogens with one attached hydrogen (secondary N) is 2. The minimum atomic E-state index is 0.534. The lowest BCUT2D eigenvalue weighted by atomic mass is 10.1. The van der Waals surface area contributed by atoms with E-state index in [4.69, 9.17) is 4.98 Å². The van der Waals surface area contributed by atoms with Gasteiger partial charge in [0, 0.05) is 17.8 Å². The highest BCUT2D eigenvalue weighted by Gasteiger charge is 2.22. The molecule has 2 aliphatic rings. The average molecular weight is 294 g/mol. The van der Waals surface area contributed by atoms with Crippen LogP contribution in [0.3, 0.4) is 0 Å². The number of allylic oxidation sites excluding steroid dienone is 4. The number of aromatic amines is 1. The molecule has 4 heteroatoms. The van der Waals surface area contributed by atoms with E-state index in [0.717, 1.165) is 47.0 Å². The molecule has 0 spiro atoms. The second kappa shape index (κ2) is 5.59. The lowest BCUT2D eigenvalue weighted by molar-refractivity contribution is 0.602. The van der Waals surface area contributed by atoms with Crippen molar-refractivity contribution in [2.45, 2.75) is 45.1 Å². The predicted molar refractivity (Wildman–Crippen MR) is 90.7 cm³/mol. The number of fused-ring (bicyclic) bond motifs is 1. The quantitative estimate of drug-likeness (QED) is 0.887. The fraction of sp³-hybridized carbons (Fsp3) is 0.444. The van der Waals surface area contributed by atoms with Crippen molar-refractivity contribution in [3.05, 3.63) is 36.3 Å². The van der Waals surface area contributed by atoms with Crippen LogP contribution in [0.1, 0.15) is 44.9 Å². The Hall–Kier alpha value is -2.10. The highest BCUT2D eigenvalue weighted by Crippen LogP contribution is 2.30. The van der Waals surface area contributed by atoms with Gasteiger partial charge in [-0.05, 0) is 44.1 Å². The van der Waals surface area contributed by atoms with Gasteiger partial charge in [-0.3, -0.25) is 0 Å². The standard InChI is InChI=1S/C18H22N4/c1-12-7-8-14(11-12)20-18-15-9-10-19-17(15)21-16(22-18)13-5-3-2-4-6-13/h3,5-6,9-10,12,14H,2,4,7-8,11H2,1H3,(H2,19,20,21,22). The summed E-state index contributed by atoms with van der Waals surface area (Å²) in [6.45, 7) is 2.33. The summed E-state index contributed by atoms with van der Waals surface area (Å²) >= 11 is 0. The Morgan fingerprint density at radius 1 is 1.23 bits per heavy atom. The predicted octanol–water partition coefficient (Wildman–Crippen LogP) is 4.29. The van der Waals surface area contributed by atoms with E-state index in [1.807, 2.05) is 6.20 Å². The van der Waals surface area contributed by atoms with Crippen molar-refractivity contribution in [1.82, 2.24) is 15.0 Å². The average Bonchev–Trinajstić information content (AvgIpc) is 3.17. The highest BCUT2D eigenvalue weighted by molar-refractivity contribution is 5.89. The first kappa shape index (κ1) is 13.6. The van der Waals surface area contributed by atoms with Gasteiger partial charge in [0.15, 0.2) is 5.82 Å². The molecule has 0 aromatic carbocycles. The van der Waals surface area contributed by atoms with Crippen LogP contribution in [0.4, 0.5) is 5.82 Å². The van der Waals surface area contributed by atoms with Crippen LogP contribution in [0.25, 0.3) is 16.6 Å². The maximum absolute atomic E-state index is 4.82. The molecule has 2 aliphatic carbocycles. The topological polar surface area (TPSA) is 53.6 Å². The molecule has 0 bridgehead atoms. The molecule has 4 nitrogen and oxygen atoms in total. The second-order valence-electron chi connectivity index (χ2n) is 6.53. The zero-order chi connectivity index (χ0) is 14.9. The molecule has 114 valence electrons. The summed E-state index contributed by atoms with van der Waals surface area (Å²) in [6.07, 6.45) is 14.4. The maximum Gasteiger partial charge on any atom is 0.163 e. The van der Waals surface area contributed by atoms with Crippen LogP contribution >= 0.6 is 0 Å². The fourth-order valence-electron chi connectivity index (χ4n) is 3.49. The molecule has 1 saturated carbocycles. The van der Waals surface area contributed by atoms with Gasteiger partial charge in [0.25, 0.3) is 0 Å². The highest BCUT2D eigenvalue weighted by atomic mass is 15.1. The van der Waals surface area contributed by atoms with Crippen molar-refractivity contribution < 1.29 is 0 Å². The fourth-order valence-corrected chi connectivity index (χ4v) is 3.49. The Morgan fingerprint density at radius 3 is 2.95 bits per heavy atom. The van der Waals surface area contributed by atoms with Crippen molar-refractivity contribution in [1.29, 1.82) is 0 Å². The molecule has 0 amide bonds. The third-order valence-electron chi connectivity index (χ3n) is 4.70. The first-order valence-electron chi connectivity index (χ1n) is 8.28. The first-order chi connectivity index (χ1) is 10.8. The molecule has 0 aliphatic heterocycles. The molecule has 22 heavy (non-hydrogen) atoms. The molecular formula is C18H22N4. The van der Waals surface area contributed by atoms with Crippen LogP contribution in [-0.2, 0) is 0 Å². The van der Waals surface area contributed by atoms with Crippen LogP contribution in [0.5, 0.6) is 0 Å². The minimum Gasteiger partial charge on any atom is -0.367 e. The Kier molecular flexibility index (Phi) is 3.45. The number of aromatic nitrogens is 3. The summed E-state index contributed by atoms with van der Waals surface area (Å²) in [4.78, 5) is 12.7. The van der Waals surface area contributed by atoms with E-state index in [1.165, 1.54) is 19.3 Å². The Labute approximate surface area is 130 Å². The summed E-state index contributed by atoms with van der Waals surface area (Å²) in [5.41, 5.74) is 2.05. The summed E-state index contributed by atoms with van der Waals surface area (Å²) < 4.78 is 0. The van der Waals surface area contributed by atoms with Gasteiger partial charge in [-0.15, -0.1) is 0 Å². The van der Waals surface area contributed by atoms with E-state index in [9.17, 15) is 0 Å². The number of hydrogen-bond acceptors (Lipinski definition) is 3. The van der Waals surface area contributed by atoms with Gasteiger partial charge < -0.3 is 10.3 Å². The van der Waals surface area contributed by atoms with Crippen LogP contribution in [0.2, 0.25) is 0 Å². The van der Waals surface area contributed by atoms with E-state index >= 15 is 0 Å². The molecule has 2 atom stereocenters. The molecule has 2 heterocycles. The molecule has 2 unspecified atom stereocenters. The van der Waals surface area contributed by atoms with Crippen molar-refractivity contribution in [2.75, 3.05) is 5.32 Å². The van der Waals surface area contributed by atoms with Crippen LogP contribution in [0.15, 0.2) is 30.5 Å². The number of hydrogen-bond donors (Lipinski definition) is 2. The number of nitrogens with zero attached hydrogens (tertiary/aromatic N) is 2. The molecule has 1 fully saturated rings. The zero-order valence-corrected chi connectivity index (χ0v) is 13.0. The number of H-pyrrole nitrogens is 1. The Morgan fingerprint density at radius 2 is 2.18 bits per heavy atom. The molecular weight excluding hydrogens is 272 g/mol. The maximum atomic E-state index is 4.82. The molecule has 2 N–H and O–H groups in total. The largest absolute Gasteiger partial charge is 0.367 e. The second-order valence-corrected chi connectivity index (χ2v) is 6.53. The molecule has 2 aromatic rings. The van der Waals surface area contributed by atoms with Gasteiger partial charge in [-0.1, -0.05) is 25.2 Å². The Bertz CT molecular complexity index is 741. The molecule has 4 rings (SSSR count). The van der Waals surface area contributed by atoms with Crippen LogP contribution in [0, 0.1) is 5.92 Å². The number of rotatable bonds is 3. The van der Waals surface area contributed by atoms with Gasteiger partial charge in [0.2, 0.25) is 0 Å². The summed E-state index contributed by atoms with van der Waals surface area (Å²) in [5, 5.41) is 4.74. The van der Waals surface area contributed by atoms with Crippen molar-refractivity contribution >= 4 is 22.4 Å².